The van der Waals surface area contributed by atoms with Crippen LogP contribution in [0.4, 0.5) is 0 Å². The number of hydrogen-bond acceptors (Lipinski definition) is 3. The van der Waals surface area contributed by atoms with E-state index in [9.17, 15) is 8.42 Å². The van der Waals surface area contributed by atoms with Crippen LogP contribution in [0.15, 0.2) is 47.5 Å². The first-order chi connectivity index (χ1) is 10.1. The summed E-state index contributed by atoms with van der Waals surface area (Å²) in [4.78, 5) is 4.72. The van der Waals surface area contributed by atoms with Gasteiger partial charge in [0.1, 0.15) is 0 Å². The van der Waals surface area contributed by atoms with Crippen molar-refractivity contribution in [1.29, 1.82) is 0 Å². The van der Waals surface area contributed by atoms with Gasteiger partial charge in [0, 0.05) is 24.8 Å². The van der Waals surface area contributed by atoms with Gasteiger partial charge in [-0.2, -0.15) is 4.31 Å². The smallest absolute Gasteiger partial charge is 0.243 e. The molecule has 0 saturated carbocycles. The van der Waals surface area contributed by atoms with Crippen LogP contribution >= 0.6 is 0 Å². The molecule has 1 aromatic heterocycles. The third-order valence-electron chi connectivity index (χ3n) is 3.84. The second-order valence-electron chi connectivity index (χ2n) is 5.30. The Balaban J connectivity index is 1.93. The highest BCUT2D eigenvalue weighted by Crippen LogP contribution is 2.25. The Kier molecular flexibility index (Phi) is 3.78. The summed E-state index contributed by atoms with van der Waals surface area (Å²) >= 11 is 0. The number of rotatable bonds is 3. The molecule has 4 nitrogen and oxygen atoms in total. The van der Waals surface area contributed by atoms with E-state index in [0.29, 0.717) is 18.0 Å². The van der Waals surface area contributed by atoms with Crippen molar-refractivity contribution in [1.82, 2.24) is 9.29 Å². The van der Waals surface area contributed by atoms with Crippen LogP contribution in [0.5, 0.6) is 0 Å². The van der Waals surface area contributed by atoms with Crippen LogP contribution in [0.1, 0.15) is 18.4 Å². The molecule has 0 bridgehead atoms. The van der Waals surface area contributed by atoms with Crippen LogP contribution in [-0.4, -0.2) is 30.8 Å². The van der Waals surface area contributed by atoms with Crippen LogP contribution in [0.25, 0.3) is 11.3 Å². The number of hydrogen-bond donors (Lipinski definition) is 0. The summed E-state index contributed by atoms with van der Waals surface area (Å²) in [5.74, 6) is 0. The van der Waals surface area contributed by atoms with Gasteiger partial charge in [-0.15, -0.1) is 0 Å². The summed E-state index contributed by atoms with van der Waals surface area (Å²) in [6.45, 7) is 3.25. The van der Waals surface area contributed by atoms with E-state index in [4.69, 9.17) is 0 Å². The fraction of sp³-hybridized carbons (Fsp3) is 0.312. The van der Waals surface area contributed by atoms with E-state index in [2.05, 4.69) is 4.98 Å². The summed E-state index contributed by atoms with van der Waals surface area (Å²) in [5.41, 5.74) is 2.91. The van der Waals surface area contributed by atoms with Crippen molar-refractivity contribution in [2.24, 2.45) is 0 Å². The second-order valence-corrected chi connectivity index (χ2v) is 7.24. The minimum atomic E-state index is -3.33. The Morgan fingerprint density at radius 3 is 2.33 bits per heavy atom. The highest BCUT2D eigenvalue weighted by Gasteiger charge is 2.26. The van der Waals surface area contributed by atoms with Crippen molar-refractivity contribution < 1.29 is 8.42 Å². The molecule has 0 atom stereocenters. The van der Waals surface area contributed by atoms with Gasteiger partial charge in [-0.1, -0.05) is 18.2 Å². The average molecular weight is 302 g/mol. The molecule has 1 aliphatic rings. The molecule has 110 valence electrons. The zero-order valence-corrected chi connectivity index (χ0v) is 12.8. The summed E-state index contributed by atoms with van der Waals surface area (Å²) in [6.07, 6.45) is 3.64. The largest absolute Gasteiger partial charge is 0.256 e. The third-order valence-corrected chi connectivity index (χ3v) is 5.75. The molecule has 1 aliphatic heterocycles. The number of aryl methyl sites for hydroxylation is 1. The van der Waals surface area contributed by atoms with Gasteiger partial charge in [0.15, 0.2) is 0 Å². The molecule has 5 heteroatoms. The maximum atomic E-state index is 12.5. The quantitative estimate of drug-likeness (QED) is 0.876. The van der Waals surface area contributed by atoms with Crippen molar-refractivity contribution in [3.05, 3.63) is 48.2 Å². The standard InChI is InChI=1S/C16H18N2O2S/c1-13-5-4-10-17-16(13)14-6-8-15(9-7-14)21(19,20)18-11-2-3-12-18/h4-10H,2-3,11-12H2,1H3. The van der Waals surface area contributed by atoms with Crippen molar-refractivity contribution in [3.63, 3.8) is 0 Å². The van der Waals surface area contributed by atoms with Crippen LogP contribution in [0.2, 0.25) is 0 Å². The molecule has 1 fully saturated rings. The first-order valence-corrected chi connectivity index (χ1v) is 8.55. The van der Waals surface area contributed by atoms with E-state index in [1.165, 1.54) is 0 Å². The lowest BCUT2D eigenvalue weighted by Gasteiger charge is -2.15. The maximum Gasteiger partial charge on any atom is 0.243 e. The molecule has 0 N–H and O–H groups in total. The molecule has 0 spiro atoms. The Bertz CT molecular complexity index is 733. The number of pyridine rings is 1. The SMILES string of the molecule is Cc1cccnc1-c1ccc(S(=O)(=O)N2CCCC2)cc1. The molecule has 2 aromatic rings. The van der Waals surface area contributed by atoms with E-state index in [1.54, 1.807) is 22.6 Å². The van der Waals surface area contributed by atoms with Crippen molar-refractivity contribution in [2.45, 2.75) is 24.7 Å². The number of nitrogens with zero attached hydrogens (tertiary/aromatic N) is 2. The third kappa shape index (κ3) is 2.71. The van der Waals surface area contributed by atoms with Gasteiger partial charge >= 0.3 is 0 Å². The van der Waals surface area contributed by atoms with E-state index in [1.807, 2.05) is 31.2 Å². The Labute approximate surface area is 125 Å². The predicted molar refractivity (Wildman–Crippen MR) is 82.4 cm³/mol. The normalized spacial score (nSPS) is 16.2. The highest BCUT2D eigenvalue weighted by molar-refractivity contribution is 7.89. The molecular weight excluding hydrogens is 284 g/mol. The number of sulfonamides is 1. The van der Waals surface area contributed by atoms with E-state index >= 15 is 0 Å². The number of aromatic nitrogens is 1. The van der Waals surface area contributed by atoms with E-state index < -0.39 is 10.0 Å². The highest BCUT2D eigenvalue weighted by atomic mass is 32.2. The monoisotopic (exact) mass is 302 g/mol. The zero-order valence-electron chi connectivity index (χ0n) is 12.0. The first kappa shape index (κ1) is 14.2. The second kappa shape index (κ2) is 5.58. The minimum absolute atomic E-state index is 0.363. The molecule has 3 rings (SSSR count). The molecule has 0 unspecified atom stereocenters. The molecule has 1 aromatic carbocycles. The summed E-state index contributed by atoms with van der Waals surface area (Å²) in [5, 5.41) is 0. The van der Waals surface area contributed by atoms with E-state index in [0.717, 1.165) is 29.7 Å². The zero-order chi connectivity index (χ0) is 14.9. The Morgan fingerprint density at radius 2 is 1.71 bits per heavy atom. The van der Waals surface area contributed by atoms with Gasteiger partial charge in [-0.3, -0.25) is 4.98 Å². The maximum absolute atomic E-state index is 12.5. The lowest BCUT2D eigenvalue weighted by atomic mass is 10.1. The molecule has 0 aliphatic carbocycles. The molecular formula is C16H18N2O2S. The van der Waals surface area contributed by atoms with Crippen LogP contribution in [0, 0.1) is 6.92 Å². The van der Waals surface area contributed by atoms with Gasteiger partial charge in [-0.05, 0) is 43.5 Å². The molecule has 1 saturated heterocycles. The summed E-state index contributed by atoms with van der Waals surface area (Å²) < 4.78 is 26.5. The van der Waals surface area contributed by atoms with Crippen LogP contribution in [-0.2, 0) is 10.0 Å². The van der Waals surface area contributed by atoms with E-state index in [-0.39, 0.29) is 0 Å². The van der Waals surface area contributed by atoms with Gasteiger partial charge < -0.3 is 0 Å². The molecule has 0 radical (unpaired) electrons. The lowest BCUT2D eigenvalue weighted by molar-refractivity contribution is 0.477. The summed E-state index contributed by atoms with van der Waals surface area (Å²) in [7, 11) is -3.33. The van der Waals surface area contributed by atoms with Gasteiger partial charge in [0.25, 0.3) is 0 Å². The number of benzene rings is 1. The van der Waals surface area contributed by atoms with Gasteiger partial charge in [0.2, 0.25) is 10.0 Å². The fourth-order valence-electron chi connectivity index (χ4n) is 2.65. The topological polar surface area (TPSA) is 50.3 Å². The lowest BCUT2D eigenvalue weighted by Crippen LogP contribution is -2.27. The minimum Gasteiger partial charge on any atom is -0.256 e. The fourth-order valence-corrected chi connectivity index (χ4v) is 4.17. The van der Waals surface area contributed by atoms with Gasteiger partial charge in [0.05, 0.1) is 10.6 Å². The van der Waals surface area contributed by atoms with Gasteiger partial charge in [-0.25, -0.2) is 8.42 Å². The van der Waals surface area contributed by atoms with Crippen LogP contribution < -0.4 is 0 Å². The summed E-state index contributed by atoms with van der Waals surface area (Å²) in [6, 6.07) is 10.9. The molecule has 0 amide bonds. The Morgan fingerprint density at radius 1 is 1.05 bits per heavy atom. The molecule has 2 heterocycles. The Hall–Kier alpha value is -1.72. The van der Waals surface area contributed by atoms with Crippen molar-refractivity contribution in [2.75, 3.05) is 13.1 Å². The van der Waals surface area contributed by atoms with Crippen LogP contribution in [0.3, 0.4) is 0 Å². The predicted octanol–water partition coefficient (Wildman–Crippen LogP) is 2.84. The molecule has 21 heavy (non-hydrogen) atoms. The van der Waals surface area contributed by atoms with Crippen molar-refractivity contribution in [3.8, 4) is 11.3 Å². The average Bonchev–Trinajstić information content (AvgIpc) is 3.03. The van der Waals surface area contributed by atoms with Crippen molar-refractivity contribution >= 4 is 10.0 Å². The first-order valence-electron chi connectivity index (χ1n) is 7.11.